The Hall–Kier alpha value is -5.96. The first-order chi connectivity index (χ1) is 23.8. The maximum atomic E-state index is 2.40. The van der Waals surface area contributed by atoms with Crippen molar-refractivity contribution in [2.24, 2.45) is 0 Å². The molecule has 0 unspecified atom stereocenters. The van der Waals surface area contributed by atoms with Crippen LogP contribution in [0.15, 0.2) is 188 Å². The van der Waals surface area contributed by atoms with E-state index in [1.165, 1.54) is 64.3 Å². The van der Waals surface area contributed by atoms with Crippen LogP contribution in [0.5, 0.6) is 0 Å². The normalized spacial score (nSPS) is 11.3. The summed E-state index contributed by atoms with van der Waals surface area (Å²) in [6.07, 6.45) is 0. The first kappa shape index (κ1) is 28.3. The lowest BCUT2D eigenvalue weighted by atomic mass is 9.95. The first-order valence-electron chi connectivity index (χ1n) is 16.3. The molecule has 2 heteroatoms. The number of fused-ring (bicyclic) bond motifs is 4. The second-order valence-electron chi connectivity index (χ2n) is 12.2. The Labute approximate surface area is 284 Å². The van der Waals surface area contributed by atoms with E-state index in [0.717, 1.165) is 17.1 Å². The lowest BCUT2D eigenvalue weighted by Gasteiger charge is -2.29. The van der Waals surface area contributed by atoms with Gasteiger partial charge in [-0.15, -0.1) is 11.3 Å². The van der Waals surface area contributed by atoms with Crippen LogP contribution in [0, 0.1) is 0 Å². The van der Waals surface area contributed by atoms with Gasteiger partial charge < -0.3 is 4.90 Å². The molecule has 0 bridgehead atoms. The van der Waals surface area contributed by atoms with Crippen molar-refractivity contribution in [1.29, 1.82) is 0 Å². The molecule has 9 aromatic rings. The highest BCUT2D eigenvalue weighted by Crippen LogP contribution is 2.44. The van der Waals surface area contributed by atoms with Crippen LogP contribution in [0.4, 0.5) is 17.1 Å². The average Bonchev–Trinajstić information content (AvgIpc) is 3.55. The molecule has 0 saturated heterocycles. The summed E-state index contributed by atoms with van der Waals surface area (Å²) in [5.41, 5.74) is 10.6. The number of anilines is 3. The third kappa shape index (κ3) is 5.04. The number of hydrogen-bond acceptors (Lipinski definition) is 2. The second kappa shape index (κ2) is 12.0. The topological polar surface area (TPSA) is 3.24 Å². The number of hydrogen-bond donors (Lipinski definition) is 0. The van der Waals surface area contributed by atoms with Crippen LogP contribution in [-0.2, 0) is 0 Å². The van der Waals surface area contributed by atoms with Crippen molar-refractivity contribution in [1.82, 2.24) is 0 Å². The van der Waals surface area contributed by atoms with E-state index in [-0.39, 0.29) is 0 Å². The van der Waals surface area contributed by atoms with E-state index >= 15 is 0 Å². The minimum absolute atomic E-state index is 1.11. The average molecular weight is 630 g/mol. The Balaban J connectivity index is 1.21. The Morgan fingerprint density at radius 3 is 1.79 bits per heavy atom. The zero-order chi connectivity index (χ0) is 31.9. The molecule has 0 atom stereocenters. The summed E-state index contributed by atoms with van der Waals surface area (Å²) in [6, 6.07) is 68.1. The van der Waals surface area contributed by atoms with Gasteiger partial charge in [-0.05, 0) is 81.1 Å². The van der Waals surface area contributed by atoms with Crippen LogP contribution >= 0.6 is 11.3 Å². The number of benzene rings is 8. The fraction of sp³-hybridized carbons (Fsp3) is 0. The molecule has 1 aromatic heterocycles. The minimum atomic E-state index is 1.11. The highest BCUT2D eigenvalue weighted by molar-refractivity contribution is 7.26. The summed E-state index contributed by atoms with van der Waals surface area (Å²) in [4.78, 5) is 2.40. The van der Waals surface area contributed by atoms with Gasteiger partial charge in [-0.3, -0.25) is 0 Å². The summed E-state index contributed by atoms with van der Waals surface area (Å²) in [6.45, 7) is 0. The van der Waals surface area contributed by atoms with Crippen molar-refractivity contribution in [2.75, 3.05) is 4.90 Å². The molecule has 226 valence electrons. The van der Waals surface area contributed by atoms with Gasteiger partial charge in [-0.1, -0.05) is 146 Å². The summed E-state index contributed by atoms with van der Waals surface area (Å²) >= 11 is 1.88. The van der Waals surface area contributed by atoms with E-state index in [4.69, 9.17) is 0 Å². The Bertz CT molecular complexity index is 2550. The van der Waals surface area contributed by atoms with Crippen molar-refractivity contribution < 1.29 is 0 Å². The summed E-state index contributed by atoms with van der Waals surface area (Å²) in [5.74, 6) is 0. The Morgan fingerprint density at radius 1 is 0.354 bits per heavy atom. The largest absolute Gasteiger partial charge is 0.310 e. The van der Waals surface area contributed by atoms with Crippen molar-refractivity contribution in [3.63, 3.8) is 0 Å². The van der Waals surface area contributed by atoms with E-state index in [1.54, 1.807) is 0 Å². The maximum Gasteiger partial charge on any atom is 0.0546 e. The first-order valence-corrected chi connectivity index (χ1v) is 17.2. The number of rotatable bonds is 6. The molecule has 9 rings (SSSR count). The summed E-state index contributed by atoms with van der Waals surface area (Å²) < 4.78 is 2.66. The van der Waals surface area contributed by atoms with E-state index in [2.05, 4.69) is 193 Å². The zero-order valence-electron chi connectivity index (χ0n) is 26.3. The second-order valence-corrected chi connectivity index (χ2v) is 13.2. The third-order valence-corrected chi connectivity index (χ3v) is 10.5. The smallest absolute Gasteiger partial charge is 0.0546 e. The molecular formula is C46H31NS. The van der Waals surface area contributed by atoms with E-state index in [0.29, 0.717) is 0 Å². The van der Waals surface area contributed by atoms with Gasteiger partial charge in [0.1, 0.15) is 0 Å². The maximum absolute atomic E-state index is 2.40. The minimum Gasteiger partial charge on any atom is -0.310 e. The molecule has 8 aromatic carbocycles. The molecular weight excluding hydrogens is 599 g/mol. The van der Waals surface area contributed by atoms with Crippen LogP contribution in [0.3, 0.4) is 0 Å². The molecule has 0 aliphatic rings. The molecule has 48 heavy (non-hydrogen) atoms. The SMILES string of the molecule is c1ccc(-c2ccc(-c3ccc4ccccc4c3)cc2N(c2ccccc2)c2ccc(-c3cccc4c3sc3ccccc34)cc2)cc1. The number of para-hydroxylation sites is 1. The fourth-order valence-corrected chi connectivity index (χ4v) is 8.13. The van der Waals surface area contributed by atoms with Gasteiger partial charge >= 0.3 is 0 Å². The van der Waals surface area contributed by atoms with Gasteiger partial charge in [0, 0.05) is 37.1 Å². The molecule has 0 aliphatic heterocycles. The fourth-order valence-electron chi connectivity index (χ4n) is 6.90. The van der Waals surface area contributed by atoms with Gasteiger partial charge in [0.25, 0.3) is 0 Å². The van der Waals surface area contributed by atoms with Crippen LogP contribution < -0.4 is 4.90 Å². The zero-order valence-corrected chi connectivity index (χ0v) is 27.1. The quantitative estimate of drug-likeness (QED) is 0.177. The van der Waals surface area contributed by atoms with E-state index < -0.39 is 0 Å². The molecule has 0 radical (unpaired) electrons. The predicted molar refractivity (Wildman–Crippen MR) is 208 cm³/mol. The lowest BCUT2D eigenvalue weighted by molar-refractivity contribution is 1.28. The van der Waals surface area contributed by atoms with Gasteiger partial charge in [0.05, 0.1) is 5.69 Å². The van der Waals surface area contributed by atoms with Crippen LogP contribution in [0.2, 0.25) is 0 Å². The molecule has 0 aliphatic carbocycles. The Kier molecular flexibility index (Phi) is 7.07. The van der Waals surface area contributed by atoms with E-state index in [1.807, 2.05) is 11.3 Å². The monoisotopic (exact) mass is 629 g/mol. The van der Waals surface area contributed by atoms with Gasteiger partial charge in [-0.25, -0.2) is 0 Å². The standard InChI is InChI=1S/C46H31NS/c1-3-13-33(14-4-1)40-29-26-37(36-23-22-32-12-7-8-15-35(32)30-36)31-44(40)47(38-16-5-2-6-17-38)39-27-24-34(25-28-39)41-19-11-20-43-42-18-9-10-21-45(42)48-46(41)43/h1-31H. The summed E-state index contributed by atoms with van der Waals surface area (Å²) in [5, 5.41) is 5.14. The van der Waals surface area contributed by atoms with Crippen molar-refractivity contribution in [3.05, 3.63) is 188 Å². The van der Waals surface area contributed by atoms with E-state index in [9.17, 15) is 0 Å². The highest BCUT2D eigenvalue weighted by Gasteiger charge is 2.19. The molecule has 0 fully saturated rings. The number of nitrogens with zero attached hydrogens (tertiary/aromatic N) is 1. The molecule has 1 nitrogen and oxygen atoms in total. The lowest BCUT2D eigenvalue weighted by Crippen LogP contribution is -2.11. The van der Waals surface area contributed by atoms with Crippen molar-refractivity contribution >= 4 is 59.3 Å². The molecule has 0 spiro atoms. The van der Waals surface area contributed by atoms with Crippen LogP contribution in [0.1, 0.15) is 0 Å². The highest BCUT2D eigenvalue weighted by atomic mass is 32.1. The van der Waals surface area contributed by atoms with Crippen LogP contribution in [0.25, 0.3) is 64.3 Å². The molecule has 0 amide bonds. The molecule has 0 N–H and O–H groups in total. The van der Waals surface area contributed by atoms with Crippen LogP contribution in [-0.4, -0.2) is 0 Å². The predicted octanol–water partition coefficient (Wildman–Crippen LogP) is 13.7. The number of thiophene rings is 1. The third-order valence-electron chi connectivity index (χ3n) is 9.26. The summed E-state index contributed by atoms with van der Waals surface area (Å²) in [7, 11) is 0. The molecule has 1 heterocycles. The Morgan fingerprint density at radius 2 is 0.958 bits per heavy atom. The van der Waals surface area contributed by atoms with Crippen molar-refractivity contribution in [2.45, 2.75) is 0 Å². The van der Waals surface area contributed by atoms with Gasteiger partial charge in [0.15, 0.2) is 0 Å². The van der Waals surface area contributed by atoms with Gasteiger partial charge in [0.2, 0.25) is 0 Å². The molecule has 0 saturated carbocycles. The van der Waals surface area contributed by atoms with Gasteiger partial charge in [-0.2, -0.15) is 0 Å². The van der Waals surface area contributed by atoms with Crippen molar-refractivity contribution in [3.8, 4) is 33.4 Å².